The molecule has 0 aromatic carbocycles. The van der Waals surface area contributed by atoms with E-state index in [0.29, 0.717) is 19.0 Å². The van der Waals surface area contributed by atoms with Crippen LogP contribution in [-0.2, 0) is 0 Å². The number of nitrogens with one attached hydrogen (secondary N) is 1. The average Bonchev–Trinajstić information content (AvgIpc) is 2.90. The van der Waals surface area contributed by atoms with Crippen LogP contribution >= 0.6 is 0 Å². The van der Waals surface area contributed by atoms with Crippen molar-refractivity contribution in [2.75, 3.05) is 20.1 Å². The summed E-state index contributed by atoms with van der Waals surface area (Å²) in [6.07, 6.45) is 2.99. The quantitative estimate of drug-likeness (QED) is 0.610. The maximum Gasteiger partial charge on any atom is 0.317 e. The SMILES string of the molecule is CNC(=O)N1CCC(O)(C2CC2)C1. The molecule has 1 unspecified atom stereocenters. The zero-order valence-corrected chi connectivity index (χ0v) is 7.92. The van der Waals surface area contributed by atoms with E-state index in [2.05, 4.69) is 5.32 Å². The van der Waals surface area contributed by atoms with Crippen molar-refractivity contribution in [2.24, 2.45) is 5.92 Å². The van der Waals surface area contributed by atoms with Crippen molar-refractivity contribution in [1.29, 1.82) is 0 Å². The highest BCUT2D eigenvalue weighted by Gasteiger charge is 2.48. The van der Waals surface area contributed by atoms with Gasteiger partial charge in [0.1, 0.15) is 0 Å². The number of urea groups is 1. The molecule has 1 aliphatic heterocycles. The monoisotopic (exact) mass is 184 g/mol. The predicted octanol–water partition coefficient (Wildman–Crippen LogP) is 0.173. The molecule has 0 radical (unpaired) electrons. The Labute approximate surface area is 77.9 Å². The maximum atomic E-state index is 11.2. The van der Waals surface area contributed by atoms with Crippen LogP contribution in [0.5, 0.6) is 0 Å². The molecule has 1 heterocycles. The lowest BCUT2D eigenvalue weighted by Crippen LogP contribution is -2.41. The lowest BCUT2D eigenvalue weighted by molar-refractivity contribution is 0.0302. The third-order valence-electron chi connectivity index (χ3n) is 3.12. The van der Waals surface area contributed by atoms with Gasteiger partial charge in [-0.2, -0.15) is 0 Å². The molecule has 0 aromatic heterocycles. The van der Waals surface area contributed by atoms with Crippen molar-refractivity contribution in [2.45, 2.75) is 24.9 Å². The molecule has 2 fully saturated rings. The molecule has 2 aliphatic rings. The number of hydrogen-bond donors (Lipinski definition) is 2. The van der Waals surface area contributed by atoms with E-state index in [1.54, 1.807) is 11.9 Å². The summed E-state index contributed by atoms with van der Waals surface area (Å²) in [6.45, 7) is 1.20. The first-order valence-electron chi connectivity index (χ1n) is 4.85. The number of β-amino-alcohol motifs (C(OH)–C–C–N with tert-alkyl or cyclic N) is 1. The summed E-state index contributed by atoms with van der Waals surface area (Å²) >= 11 is 0. The first-order chi connectivity index (χ1) is 6.15. The molecule has 13 heavy (non-hydrogen) atoms. The van der Waals surface area contributed by atoms with E-state index in [9.17, 15) is 9.90 Å². The van der Waals surface area contributed by atoms with E-state index in [1.807, 2.05) is 0 Å². The van der Waals surface area contributed by atoms with Crippen LogP contribution in [0.2, 0.25) is 0 Å². The van der Waals surface area contributed by atoms with Crippen LogP contribution in [0.4, 0.5) is 4.79 Å². The number of amides is 2. The van der Waals surface area contributed by atoms with Crippen LogP contribution in [0.15, 0.2) is 0 Å². The Kier molecular flexibility index (Phi) is 1.95. The van der Waals surface area contributed by atoms with Gasteiger partial charge in [0.25, 0.3) is 0 Å². The molecule has 1 saturated carbocycles. The van der Waals surface area contributed by atoms with Crippen molar-refractivity contribution < 1.29 is 9.90 Å². The van der Waals surface area contributed by atoms with Crippen molar-refractivity contribution in [3.8, 4) is 0 Å². The predicted molar refractivity (Wildman–Crippen MR) is 48.3 cm³/mol. The number of carbonyl (C=O) groups excluding carboxylic acids is 1. The van der Waals surface area contributed by atoms with Crippen LogP contribution in [0.3, 0.4) is 0 Å². The normalized spacial score (nSPS) is 33.5. The fourth-order valence-electron chi connectivity index (χ4n) is 2.10. The van der Waals surface area contributed by atoms with E-state index in [1.165, 1.54) is 0 Å². The topological polar surface area (TPSA) is 52.6 Å². The van der Waals surface area contributed by atoms with Gasteiger partial charge in [-0.3, -0.25) is 0 Å². The standard InChI is InChI=1S/C9H16N2O2/c1-10-8(12)11-5-4-9(13,6-11)7-2-3-7/h7,13H,2-6H2,1H3,(H,10,12). The second-order valence-corrected chi connectivity index (χ2v) is 4.10. The molecule has 0 aromatic rings. The fraction of sp³-hybridized carbons (Fsp3) is 0.889. The number of nitrogens with zero attached hydrogens (tertiary/aromatic N) is 1. The number of hydrogen-bond acceptors (Lipinski definition) is 2. The van der Waals surface area contributed by atoms with Gasteiger partial charge in [-0.25, -0.2) is 4.79 Å². The minimum atomic E-state index is -0.577. The van der Waals surface area contributed by atoms with E-state index in [-0.39, 0.29) is 6.03 Å². The van der Waals surface area contributed by atoms with Gasteiger partial charge in [0, 0.05) is 13.6 Å². The molecule has 2 rings (SSSR count). The van der Waals surface area contributed by atoms with Crippen LogP contribution < -0.4 is 5.32 Å². The first kappa shape index (κ1) is 8.81. The summed E-state index contributed by atoms with van der Waals surface area (Å²) in [5, 5.41) is 12.7. The second kappa shape index (κ2) is 2.87. The molecule has 1 aliphatic carbocycles. The van der Waals surface area contributed by atoms with Crippen LogP contribution in [0.1, 0.15) is 19.3 Å². The van der Waals surface area contributed by atoms with E-state index in [0.717, 1.165) is 19.3 Å². The van der Waals surface area contributed by atoms with Gasteiger partial charge in [-0.05, 0) is 25.2 Å². The average molecular weight is 184 g/mol. The lowest BCUT2D eigenvalue weighted by atomic mass is 9.97. The smallest absolute Gasteiger partial charge is 0.317 e. The van der Waals surface area contributed by atoms with E-state index >= 15 is 0 Å². The molecule has 2 amide bonds. The fourth-order valence-corrected chi connectivity index (χ4v) is 2.10. The Morgan fingerprint density at radius 2 is 2.31 bits per heavy atom. The highest BCUT2D eigenvalue weighted by molar-refractivity contribution is 5.74. The highest BCUT2D eigenvalue weighted by atomic mass is 16.3. The van der Waals surface area contributed by atoms with Gasteiger partial charge in [-0.1, -0.05) is 0 Å². The van der Waals surface area contributed by atoms with E-state index < -0.39 is 5.60 Å². The van der Waals surface area contributed by atoms with Crippen LogP contribution in [-0.4, -0.2) is 41.8 Å². The largest absolute Gasteiger partial charge is 0.388 e. The summed E-state index contributed by atoms with van der Waals surface area (Å²) in [7, 11) is 1.62. The molecule has 74 valence electrons. The van der Waals surface area contributed by atoms with Crippen molar-refractivity contribution in [1.82, 2.24) is 10.2 Å². The molecule has 2 N–H and O–H groups in total. The summed E-state index contributed by atoms with van der Waals surface area (Å²) in [6, 6.07) is -0.0726. The van der Waals surface area contributed by atoms with Gasteiger partial charge >= 0.3 is 6.03 Å². The molecule has 1 saturated heterocycles. The van der Waals surface area contributed by atoms with Gasteiger partial charge in [0.15, 0.2) is 0 Å². The Hall–Kier alpha value is -0.770. The summed E-state index contributed by atoms with van der Waals surface area (Å²) < 4.78 is 0. The zero-order chi connectivity index (χ0) is 9.47. The summed E-state index contributed by atoms with van der Waals surface area (Å²) in [5.74, 6) is 0.446. The van der Waals surface area contributed by atoms with E-state index in [4.69, 9.17) is 0 Å². The number of aliphatic hydroxyl groups is 1. The second-order valence-electron chi connectivity index (χ2n) is 4.10. The Balaban J connectivity index is 1.96. The van der Waals surface area contributed by atoms with Crippen LogP contribution in [0, 0.1) is 5.92 Å². The van der Waals surface area contributed by atoms with Gasteiger partial charge in [0.2, 0.25) is 0 Å². The minimum Gasteiger partial charge on any atom is -0.388 e. The highest BCUT2D eigenvalue weighted by Crippen LogP contribution is 2.44. The lowest BCUT2D eigenvalue weighted by Gasteiger charge is -2.22. The molecule has 0 spiro atoms. The third kappa shape index (κ3) is 1.50. The molecular formula is C9H16N2O2. The van der Waals surface area contributed by atoms with Gasteiger partial charge in [-0.15, -0.1) is 0 Å². The Bertz CT molecular complexity index is 228. The molecule has 1 atom stereocenters. The zero-order valence-electron chi connectivity index (χ0n) is 7.92. The van der Waals surface area contributed by atoms with Crippen molar-refractivity contribution in [3.05, 3.63) is 0 Å². The van der Waals surface area contributed by atoms with Crippen molar-refractivity contribution >= 4 is 6.03 Å². The number of carbonyl (C=O) groups is 1. The molecule has 4 nitrogen and oxygen atoms in total. The first-order valence-corrected chi connectivity index (χ1v) is 4.85. The maximum absolute atomic E-state index is 11.2. The number of likely N-dealkylation sites (tertiary alicyclic amines) is 1. The Morgan fingerprint density at radius 1 is 1.62 bits per heavy atom. The molecule has 4 heteroatoms. The number of rotatable bonds is 1. The third-order valence-corrected chi connectivity index (χ3v) is 3.12. The Morgan fingerprint density at radius 3 is 2.85 bits per heavy atom. The molecular weight excluding hydrogens is 168 g/mol. The van der Waals surface area contributed by atoms with Gasteiger partial charge < -0.3 is 15.3 Å². The van der Waals surface area contributed by atoms with Crippen LogP contribution in [0.25, 0.3) is 0 Å². The van der Waals surface area contributed by atoms with Gasteiger partial charge in [0.05, 0.1) is 12.1 Å². The molecule has 0 bridgehead atoms. The summed E-state index contributed by atoms with van der Waals surface area (Å²) in [4.78, 5) is 12.9. The summed E-state index contributed by atoms with van der Waals surface area (Å²) in [5.41, 5.74) is -0.577. The minimum absolute atomic E-state index is 0.0726. The van der Waals surface area contributed by atoms with Crippen molar-refractivity contribution in [3.63, 3.8) is 0 Å².